The Kier molecular flexibility index (Phi) is 7.14. The van der Waals surface area contributed by atoms with Crippen LogP contribution in [0.3, 0.4) is 0 Å². The Morgan fingerprint density at radius 1 is 0.923 bits per heavy atom. The van der Waals surface area contributed by atoms with Crippen LogP contribution in [0.4, 0.5) is 13.2 Å². The molecule has 204 valence electrons. The maximum Gasteiger partial charge on any atom is 0.450 e. The van der Waals surface area contributed by atoms with Crippen molar-refractivity contribution in [2.75, 3.05) is 34.6 Å². The van der Waals surface area contributed by atoms with E-state index in [0.29, 0.717) is 41.5 Å². The molecule has 0 fully saturated rings. The number of hydrogen-bond donors (Lipinski definition) is 0. The van der Waals surface area contributed by atoms with Crippen LogP contribution in [-0.2, 0) is 19.1 Å². The van der Waals surface area contributed by atoms with E-state index in [-0.39, 0.29) is 29.8 Å². The third-order valence-electron chi connectivity index (χ3n) is 6.71. The molecule has 4 aromatic rings. The molecule has 0 amide bonds. The molecule has 39 heavy (non-hydrogen) atoms. The van der Waals surface area contributed by atoms with Gasteiger partial charge in [-0.15, -0.1) is 0 Å². The standard InChI is InChI=1S/C29H26F3NO6/c1-35-19-7-5-18(6-8-19)25-26(34)20-9-11-22-21(27(20)39-28(25)29(30,31)32)15-33(16-38-22)13-12-17-4-10-23(36-2)24(14-17)37-3/h4-11,14H,12-13,15-16H2,1-3H3. The molecule has 0 aliphatic carbocycles. The van der Waals surface area contributed by atoms with E-state index in [4.69, 9.17) is 23.4 Å². The lowest BCUT2D eigenvalue weighted by Gasteiger charge is -2.29. The Balaban J connectivity index is 1.50. The summed E-state index contributed by atoms with van der Waals surface area (Å²) in [5, 5.41) is 0.0536. The van der Waals surface area contributed by atoms with Gasteiger partial charge in [0.25, 0.3) is 0 Å². The summed E-state index contributed by atoms with van der Waals surface area (Å²) in [6.07, 6.45) is -4.27. The molecule has 10 heteroatoms. The van der Waals surface area contributed by atoms with Crippen LogP contribution in [0.2, 0.25) is 0 Å². The maximum atomic E-state index is 14.2. The molecule has 1 aromatic heterocycles. The molecule has 1 aliphatic rings. The largest absolute Gasteiger partial charge is 0.497 e. The number of fused-ring (bicyclic) bond motifs is 3. The maximum absolute atomic E-state index is 14.2. The summed E-state index contributed by atoms with van der Waals surface area (Å²) in [6.45, 7) is 1.04. The van der Waals surface area contributed by atoms with E-state index in [1.807, 2.05) is 23.1 Å². The quantitative estimate of drug-likeness (QED) is 0.289. The number of ether oxygens (including phenoxy) is 4. The third kappa shape index (κ3) is 5.12. The van der Waals surface area contributed by atoms with Crippen molar-refractivity contribution in [3.05, 3.63) is 81.7 Å². The monoisotopic (exact) mass is 541 g/mol. The van der Waals surface area contributed by atoms with Gasteiger partial charge >= 0.3 is 6.18 Å². The van der Waals surface area contributed by atoms with Crippen molar-refractivity contribution in [1.82, 2.24) is 4.90 Å². The van der Waals surface area contributed by atoms with Gasteiger partial charge in [0.1, 0.15) is 23.8 Å². The number of benzene rings is 3. The zero-order valence-corrected chi connectivity index (χ0v) is 21.6. The SMILES string of the molecule is COc1ccc(-c2c(C(F)(F)F)oc3c4c(ccc3c2=O)OCN(CCc2ccc(OC)c(OC)c2)C4)cc1. The zero-order valence-electron chi connectivity index (χ0n) is 21.6. The lowest BCUT2D eigenvalue weighted by atomic mass is 9.99. The van der Waals surface area contributed by atoms with E-state index in [9.17, 15) is 18.0 Å². The van der Waals surface area contributed by atoms with E-state index in [1.54, 1.807) is 20.3 Å². The van der Waals surface area contributed by atoms with Crippen molar-refractivity contribution in [3.8, 4) is 34.1 Å². The number of nitrogens with zero attached hydrogens (tertiary/aromatic N) is 1. The number of halogens is 3. The predicted molar refractivity (Wildman–Crippen MR) is 139 cm³/mol. The summed E-state index contributed by atoms with van der Waals surface area (Å²) < 4.78 is 69.7. The lowest BCUT2D eigenvalue weighted by molar-refractivity contribution is -0.152. The van der Waals surface area contributed by atoms with Gasteiger partial charge in [0.2, 0.25) is 11.2 Å². The van der Waals surface area contributed by atoms with Crippen LogP contribution in [0.25, 0.3) is 22.1 Å². The van der Waals surface area contributed by atoms with Crippen molar-refractivity contribution in [2.24, 2.45) is 0 Å². The minimum Gasteiger partial charge on any atom is -0.497 e. The first-order valence-electron chi connectivity index (χ1n) is 12.1. The first kappa shape index (κ1) is 26.4. The number of hydrogen-bond acceptors (Lipinski definition) is 7. The minimum atomic E-state index is -4.89. The molecule has 0 saturated heterocycles. The van der Waals surface area contributed by atoms with Gasteiger partial charge < -0.3 is 23.4 Å². The number of alkyl halides is 3. The summed E-state index contributed by atoms with van der Waals surface area (Å²) in [5.74, 6) is 0.721. The second-order valence-electron chi connectivity index (χ2n) is 9.05. The molecule has 0 saturated carbocycles. The second-order valence-corrected chi connectivity index (χ2v) is 9.05. The first-order chi connectivity index (χ1) is 18.7. The highest BCUT2D eigenvalue weighted by Crippen LogP contribution is 2.40. The molecule has 1 aliphatic heterocycles. The van der Waals surface area contributed by atoms with Gasteiger partial charge in [0, 0.05) is 13.1 Å². The summed E-state index contributed by atoms with van der Waals surface area (Å²) in [7, 11) is 4.57. The smallest absolute Gasteiger partial charge is 0.450 e. The van der Waals surface area contributed by atoms with Crippen LogP contribution in [0.1, 0.15) is 16.9 Å². The van der Waals surface area contributed by atoms with E-state index in [2.05, 4.69) is 0 Å². The zero-order chi connectivity index (χ0) is 27.7. The molecule has 5 rings (SSSR count). The third-order valence-corrected chi connectivity index (χ3v) is 6.71. The molecule has 0 atom stereocenters. The van der Waals surface area contributed by atoms with Gasteiger partial charge in [-0.1, -0.05) is 18.2 Å². The van der Waals surface area contributed by atoms with Gasteiger partial charge in [-0.2, -0.15) is 13.2 Å². The predicted octanol–water partition coefficient (Wildman–Crippen LogP) is 5.90. The molecule has 0 unspecified atom stereocenters. The van der Waals surface area contributed by atoms with E-state index in [0.717, 1.165) is 5.56 Å². The fraction of sp³-hybridized carbons (Fsp3) is 0.276. The van der Waals surface area contributed by atoms with E-state index in [1.165, 1.54) is 37.4 Å². The van der Waals surface area contributed by atoms with Crippen molar-refractivity contribution >= 4 is 11.0 Å². The van der Waals surface area contributed by atoms with Crippen molar-refractivity contribution in [1.29, 1.82) is 0 Å². The number of methoxy groups -OCH3 is 3. The Hall–Kier alpha value is -4.18. The summed E-state index contributed by atoms with van der Waals surface area (Å²) in [5.41, 5.74) is 0.0437. The fourth-order valence-corrected chi connectivity index (χ4v) is 4.70. The van der Waals surface area contributed by atoms with Crippen molar-refractivity contribution in [3.63, 3.8) is 0 Å². The van der Waals surface area contributed by atoms with Gasteiger partial charge in [0.15, 0.2) is 11.5 Å². The van der Waals surface area contributed by atoms with Gasteiger partial charge in [-0.05, 0) is 53.9 Å². The molecule has 3 aromatic carbocycles. The van der Waals surface area contributed by atoms with Crippen molar-refractivity contribution in [2.45, 2.75) is 19.1 Å². The molecule has 0 radical (unpaired) electrons. The average molecular weight is 542 g/mol. The molecule has 0 spiro atoms. The summed E-state index contributed by atoms with van der Waals surface area (Å²) >= 11 is 0. The topological polar surface area (TPSA) is 70.4 Å². The highest BCUT2D eigenvalue weighted by molar-refractivity contribution is 5.87. The van der Waals surface area contributed by atoms with E-state index >= 15 is 0 Å². The molecule has 0 bridgehead atoms. The molecular formula is C29H26F3NO6. The Morgan fingerprint density at radius 3 is 2.33 bits per heavy atom. The minimum absolute atomic E-state index is 0.0536. The van der Waals surface area contributed by atoms with Crippen LogP contribution >= 0.6 is 0 Å². The van der Waals surface area contributed by atoms with Gasteiger partial charge in [-0.25, -0.2) is 0 Å². The molecule has 2 heterocycles. The first-order valence-corrected chi connectivity index (χ1v) is 12.1. The Labute approximate surface area is 222 Å². The average Bonchev–Trinajstić information content (AvgIpc) is 2.95. The van der Waals surface area contributed by atoms with Crippen LogP contribution in [0.15, 0.2) is 63.8 Å². The van der Waals surface area contributed by atoms with Crippen LogP contribution in [-0.4, -0.2) is 39.5 Å². The summed E-state index contributed by atoms with van der Waals surface area (Å²) in [6, 6.07) is 14.5. The molecule has 0 N–H and O–H groups in total. The molecule has 7 nitrogen and oxygen atoms in total. The lowest BCUT2D eigenvalue weighted by Crippen LogP contribution is -2.34. The number of rotatable bonds is 7. The fourth-order valence-electron chi connectivity index (χ4n) is 4.70. The highest BCUT2D eigenvalue weighted by atomic mass is 19.4. The van der Waals surface area contributed by atoms with Gasteiger partial charge in [0.05, 0.1) is 37.8 Å². The normalized spacial score (nSPS) is 13.6. The van der Waals surface area contributed by atoms with Crippen LogP contribution in [0.5, 0.6) is 23.0 Å². The van der Waals surface area contributed by atoms with Crippen LogP contribution in [0, 0.1) is 0 Å². The van der Waals surface area contributed by atoms with E-state index < -0.39 is 22.9 Å². The summed E-state index contributed by atoms with van der Waals surface area (Å²) in [4.78, 5) is 15.4. The van der Waals surface area contributed by atoms with Crippen LogP contribution < -0.4 is 24.4 Å². The highest BCUT2D eigenvalue weighted by Gasteiger charge is 2.40. The van der Waals surface area contributed by atoms with Crippen molar-refractivity contribution < 1.29 is 36.5 Å². The Bertz CT molecular complexity index is 1560. The Morgan fingerprint density at radius 2 is 1.67 bits per heavy atom. The second kappa shape index (κ2) is 10.5. The van der Waals surface area contributed by atoms with Gasteiger partial charge in [-0.3, -0.25) is 9.69 Å². The molecular weight excluding hydrogens is 515 g/mol.